The molecule has 0 bridgehead atoms. The Kier molecular flexibility index (Phi) is 4.19. The van der Waals surface area contributed by atoms with E-state index in [9.17, 15) is 8.42 Å². The Labute approximate surface area is 117 Å². The first kappa shape index (κ1) is 14.0. The molecule has 0 fully saturated rings. The number of rotatable bonds is 4. The maximum absolute atomic E-state index is 12.1. The van der Waals surface area contributed by atoms with Gasteiger partial charge in [-0.15, -0.1) is 0 Å². The second-order valence-corrected chi connectivity index (χ2v) is 5.74. The Balaban J connectivity index is 2.64. The van der Waals surface area contributed by atoms with E-state index in [1.54, 1.807) is 43.5 Å². The molecule has 0 aliphatic carbocycles. The van der Waals surface area contributed by atoms with Crippen LogP contribution in [0.4, 0.5) is 0 Å². The van der Waals surface area contributed by atoms with E-state index in [0.717, 1.165) is 0 Å². The number of hydrogen-bond acceptors (Lipinski definition) is 4. The van der Waals surface area contributed by atoms with Gasteiger partial charge in [0.1, 0.15) is 4.90 Å². The van der Waals surface area contributed by atoms with Crippen LogP contribution in [0, 0.1) is 0 Å². The van der Waals surface area contributed by atoms with E-state index >= 15 is 0 Å². The average molecular weight is 298 g/mol. The van der Waals surface area contributed by atoms with E-state index in [4.69, 9.17) is 15.8 Å². The van der Waals surface area contributed by atoms with Crippen LogP contribution in [0.1, 0.15) is 6.92 Å². The third kappa shape index (κ3) is 3.12. The quantitative estimate of drug-likeness (QED) is 0.814. The van der Waals surface area contributed by atoms with Crippen molar-refractivity contribution in [2.75, 3.05) is 6.61 Å². The molecule has 0 aliphatic heterocycles. The largest absolute Gasteiger partial charge is 0.297 e. The molecule has 1 aromatic carbocycles. The van der Waals surface area contributed by atoms with Gasteiger partial charge in [0.15, 0.2) is 0 Å². The molecule has 1 heterocycles. The normalized spacial score (nSPS) is 11.5. The molecule has 0 N–H and O–H groups in total. The summed E-state index contributed by atoms with van der Waals surface area (Å²) in [6.45, 7) is 1.68. The second-order valence-electron chi connectivity index (χ2n) is 3.72. The summed E-state index contributed by atoms with van der Waals surface area (Å²) in [5.41, 5.74) is 1.02. The summed E-state index contributed by atoms with van der Waals surface area (Å²) < 4.78 is 29.0. The van der Waals surface area contributed by atoms with Gasteiger partial charge in [-0.2, -0.15) is 8.42 Å². The fourth-order valence-electron chi connectivity index (χ4n) is 1.66. The van der Waals surface area contributed by atoms with Gasteiger partial charge in [0.2, 0.25) is 0 Å². The van der Waals surface area contributed by atoms with E-state index in [-0.39, 0.29) is 11.5 Å². The van der Waals surface area contributed by atoms with Crippen molar-refractivity contribution in [1.29, 1.82) is 0 Å². The summed E-state index contributed by atoms with van der Waals surface area (Å²) in [5, 5.41) is 0.331. The van der Waals surface area contributed by atoms with Crippen molar-refractivity contribution < 1.29 is 12.6 Å². The van der Waals surface area contributed by atoms with Gasteiger partial charge in [-0.1, -0.05) is 17.7 Å². The molecule has 6 heteroatoms. The van der Waals surface area contributed by atoms with Crippen LogP contribution >= 0.6 is 11.6 Å². The van der Waals surface area contributed by atoms with Crippen molar-refractivity contribution in [2.45, 2.75) is 11.8 Å². The average Bonchev–Trinajstić information content (AvgIpc) is 2.39. The molecular formula is C13H12ClNO3S. The smallest absolute Gasteiger partial charge is 0.267 e. The number of aromatic nitrogens is 1. The van der Waals surface area contributed by atoms with Crippen molar-refractivity contribution in [2.24, 2.45) is 0 Å². The first-order chi connectivity index (χ1) is 9.04. The summed E-state index contributed by atoms with van der Waals surface area (Å²) in [6.07, 6.45) is 1.60. The van der Waals surface area contributed by atoms with Crippen molar-refractivity contribution >= 4 is 21.7 Å². The minimum absolute atomic E-state index is 0.0283. The van der Waals surface area contributed by atoms with Crippen molar-refractivity contribution in [3.05, 3.63) is 47.6 Å². The van der Waals surface area contributed by atoms with Crippen LogP contribution in [-0.2, 0) is 14.3 Å². The molecule has 0 spiro atoms. The Morgan fingerprint density at radius 2 is 2.05 bits per heavy atom. The van der Waals surface area contributed by atoms with Gasteiger partial charge in [0.25, 0.3) is 10.1 Å². The zero-order valence-electron chi connectivity index (χ0n) is 10.2. The van der Waals surface area contributed by atoms with E-state index in [0.29, 0.717) is 16.3 Å². The van der Waals surface area contributed by atoms with Crippen LogP contribution in [0.3, 0.4) is 0 Å². The van der Waals surface area contributed by atoms with Gasteiger partial charge >= 0.3 is 0 Å². The molecule has 0 radical (unpaired) electrons. The Hall–Kier alpha value is -1.43. The van der Waals surface area contributed by atoms with Gasteiger partial charge in [0, 0.05) is 16.8 Å². The zero-order chi connectivity index (χ0) is 13.9. The van der Waals surface area contributed by atoms with Crippen LogP contribution in [0.2, 0.25) is 5.02 Å². The maximum atomic E-state index is 12.1. The molecule has 0 saturated carbocycles. The van der Waals surface area contributed by atoms with Crippen LogP contribution in [-0.4, -0.2) is 20.0 Å². The lowest BCUT2D eigenvalue weighted by Gasteiger charge is -2.10. The van der Waals surface area contributed by atoms with E-state index in [1.807, 2.05) is 0 Å². The monoisotopic (exact) mass is 297 g/mol. The lowest BCUT2D eigenvalue weighted by Crippen LogP contribution is -2.08. The first-order valence-electron chi connectivity index (χ1n) is 5.65. The highest BCUT2D eigenvalue weighted by Gasteiger charge is 2.21. The molecule has 19 heavy (non-hydrogen) atoms. The molecule has 100 valence electrons. The minimum atomic E-state index is -3.84. The highest BCUT2D eigenvalue weighted by Crippen LogP contribution is 2.29. The number of halogens is 1. The minimum Gasteiger partial charge on any atom is -0.267 e. The second kappa shape index (κ2) is 5.69. The molecule has 0 amide bonds. The molecule has 2 rings (SSSR count). The standard InChI is InChI=1S/C13H12ClNO3S/c1-2-18-19(16,17)13-9-10(14)6-7-11(13)12-5-3-4-8-15-12/h3-9H,2H2,1H3. The molecule has 0 atom stereocenters. The highest BCUT2D eigenvalue weighted by molar-refractivity contribution is 7.87. The summed E-state index contributed by atoms with van der Waals surface area (Å²) in [7, 11) is -3.84. The van der Waals surface area contributed by atoms with Crippen molar-refractivity contribution in [1.82, 2.24) is 4.98 Å². The van der Waals surface area contributed by atoms with Gasteiger partial charge < -0.3 is 0 Å². The third-order valence-corrected chi connectivity index (χ3v) is 4.08. The van der Waals surface area contributed by atoms with Gasteiger partial charge in [-0.05, 0) is 37.3 Å². The molecule has 0 saturated heterocycles. The topological polar surface area (TPSA) is 56.3 Å². The van der Waals surface area contributed by atoms with E-state index in [2.05, 4.69) is 4.98 Å². The molecule has 0 aliphatic rings. The fourth-order valence-corrected chi connectivity index (χ4v) is 3.04. The predicted molar refractivity (Wildman–Crippen MR) is 73.5 cm³/mol. The molecule has 2 aromatic rings. The van der Waals surface area contributed by atoms with Gasteiger partial charge in [-0.3, -0.25) is 9.17 Å². The summed E-state index contributed by atoms with van der Waals surface area (Å²) >= 11 is 5.87. The number of nitrogens with zero attached hydrogens (tertiary/aromatic N) is 1. The number of pyridine rings is 1. The van der Waals surface area contributed by atoms with Gasteiger partial charge in [0.05, 0.1) is 12.3 Å². The number of benzene rings is 1. The third-order valence-electron chi connectivity index (χ3n) is 2.43. The van der Waals surface area contributed by atoms with E-state index in [1.165, 1.54) is 6.07 Å². The highest BCUT2D eigenvalue weighted by atomic mass is 35.5. The summed E-state index contributed by atoms with van der Waals surface area (Å²) in [6, 6.07) is 9.89. The SMILES string of the molecule is CCOS(=O)(=O)c1cc(Cl)ccc1-c1ccccn1. The zero-order valence-corrected chi connectivity index (χ0v) is 11.8. The molecule has 4 nitrogen and oxygen atoms in total. The van der Waals surface area contributed by atoms with Crippen LogP contribution in [0.25, 0.3) is 11.3 Å². The fraction of sp³-hybridized carbons (Fsp3) is 0.154. The summed E-state index contributed by atoms with van der Waals surface area (Å²) in [5.74, 6) is 0. The van der Waals surface area contributed by atoms with Crippen LogP contribution in [0.5, 0.6) is 0 Å². The summed E-state index contributed by atoms with van der Waals surface area (Å²) in [4.78, 5) is 4.18. The Morgan fingerprint density at radius 1 is 1.26 bits per heavy atom. The maximum Gasteiger partial charge on any atom is 0.297 e. The molecule has 1 aromatic heterocycles. The Bertz CT molecular complexity index is 672. The number of hydrogen-bond donors (Lipinski definition) is 0. The lowest BCUT2D eigenvalue weighted by atomic mass is 10.1. The predicted octanol–water partition coefficient (Wildman–Crippen LogP) is 3.13. The van der Waals surface area contributed by atoms with Crippen LogP contribution in [0.15, 0.2) is 47.5 Å². The first-order valence-corrected chi connectivity index (χ1v) is 7.43. The van der Waals surface area contributed by atoms with Crippen LogP contribution < -0.4 is 0 Å². The van der Waals surface area contributed by atoms with Crippen molar-refractivity contribution in [3.63, 3.8) is 0 Å². The van der Waals surface area contributed by atoms with Crippen molar-refractivity contribution in [3.8, 4) is 11.3 Å². The van der Waals surface area contributed by atoms with Gasteiger partial charge in [-0.25, -0.2) is 0 Å². The Morgan fingerprint density at radius 3 is 2.68 bits per heavy atom. The molecular weight excluding hydrogens is 286 g/mol. The van der Waals surface area contributed by atoms with E-state index < -0.39 is 10.1 Å². The lowest BCUT2D eigenvalue weighted by molar-refractivity contribution is 0.338. The molecule has 0 unspecified atom stereocenters.